The van der Waals surface area contributed by atoms with Gasteiger partial charge in [0.1, 0.15) is 0 Å². The van der Waals surface area contributed by atoms with Crippen molar-refractivity contribution in [2.45, 2.75) is 31.5 Å². The van der Waals surface area contributed by atoms with Crippen molar-refractivity contribution in [2.75, 3.05) is 18.4 Å². The van der Waals surface area contributed by atoms with Crippen LogP contribution in [0.15, 0.2) is 0 Å². The fraction of sp³-hybridized carbons (Fsp3) is 0.846. The van der Waals surface area contributed by atoms with Crippen LogP contribution in [0.1, 0.15) is 26.7 Å². The minimum absolute atomic E-state index is 0.0431. The first-order chi connectivity index (χ1) is 8.81. The van der Waals surface area contributed by atoms with Crippen LogP contribution < -0.4 is 11.1 Å². The molecular formula is C13H20Br2N2O2. The van der Waals surface area contributed by atoms with Crippen LogP contribution in [0, 0.1) is 16.2 Å². The predicted octanol–water partition coefficient (Wildman–Crippen LogP) is 1.60. The lowest BCUT2D eigenvalue weighted by Crippen LogP contribution is -2.51. The first kappa shape index (κ1) is 15.4. The predicted molar refractivity (Wildman–Crippen MR) is 81.5 cm³/mol. The summed E-state index contributed by atoms with van der Waals surface area (Å²) >= 11 is 7.00. The Morgan fingerprint density at radius 1 is 1.47 bits per heavy atom. The van der Waals surface area contributed by atoms with Gasteiger partial charge in [-0.25, -0.2) is 0 Å². The summed E-state index contributed by atoms with van der Waals surface area (Å²) in [5.41, 5.74) is 3.98. The van der Waals surface area contributed by atoms with Crippen LogP contribution in [0.25, 0.3) is 0 Å². The van der Waals surface area contributed by atoms with E-state index in [1.54, 1.807) is 0 Å². The zero-order valence-corrected chi connectivity index (χ0v) is 14.4. The van der Waals surface area contributed by atoms with Crippen molar-refractivity contribution in [1.82, 2.24) is 5.32 Å². The van der Waals surface area contributed by atoms with Gasteiger partial charge in [0, 0.05) is 23.8 Å². The van der Waals surface area contributed by atoms with Crippen molar-refractivity contribution in [2.24, 2.45) is 22.0 Å². The molecule has 0 aliphatic heterocycles. The third-order valence-corrected chi connectivity index (χ3v) is 7.61. The third kappa shape index (κ3) is 1.59. The van der Waals surface area contributed by atoms with Gasteiger partial charge in [-0.1, -0.05) is 45.7 Å². The highest BCUT2D eigenvalue weighted by molar-refractivity contribution is 9.10. The van der Waals surface area contributed by atoms with E-state index in [4.69, 9.17) is 5.73 Å². The molecule has 0 spiro atoms. The number of halogens is 2. The van der Waals surface area contributed by atoms with Crippen molar-refractivity contribution in [1.29, 1.82) is 0 Å². The molecule has 3 atom stereocenters. The Labute approximate surface area is 130 Å². The van der Waals surface area contributed by atoms with Crippen LogP contribution in [-0.4, -0.2) is 34.9 Å². The smallest absolute Gasteiger partial charge is 0.228 e. The summed E-state index contributed by atoms with van der Waals surface area (Å²) in [7, 11) is 0. The molecule has 0 aromatic rings. The highest BCUT2D eigenvalue weighted by Crippen LogP contribution is 2.72. The zero-order valence-electron chi connectivity index (χ0n) is 11.3. The number of rotatable bonds is 4. The van der Waals surface area contributed by atoms with E-state index in [1.165, 1.54) is 0 Å². The molecule has 3 N–H and O–H groups in total. The number of hydrogen-bond acceptors (Lipinski definition) is 3. The maximum Gasteiger partial charge on any atom is 0.228 e. The van der Waals surface area contributed by atoms with Crippen LogP contribution in [0.4, 0.5) is 0 Å². The molecule has 0 radical (unpaired) electrons. The molecular weight excluding hydrogens is 376 g/mol. The first-order valence-corrected chi connectivity index (χ1v) is 8.58. The van der Waals surface area contributed by atoms with E-state index < -0.39 is 15.7 Å². The number of nitrogens with one attached hydrogen (secondary N) is 1. The van der Waals surface area contributed by atoms with Crippen LogP contribution >= 0.6 is 31.9 Å². The summed E-state index contributed by atoms with van der Waals surface area (Å²) in [6.45, 7) is 4.95. The van der Waals surface area contributed by atoms with E-state index in [1.807, 2.05) is 13.8 Å². The Morgan fingerprint density at radius 3 is 2.58 bits per heavy atom. The molecule has 1 amide bonds. The summed E-state index contributed by atoms with van der Waals surface area (Å²) in [5, 5.41) is 3.49. The molecule has 2 aliphatic carbocycles. The van der Waals surface area contributed by atoms with Crippen molar-refractivity contribution in [3.8, 4) is 0 Å². The highest BCUT2D eigenvalue weighted by Gasteiger charge is 2.77. The topological polar surface area (TPSA) is 72.2 Å². The standard InChI is InChI=1S/C13H20Br2N2O2/c1-11(2)12(7-14)3-4-13(11,8(15)9(12)18)10(19)17-6-5-16/h8H,3-7,16H2,1-2H3,(H,17,19)/t8-,12+,13+/m0/s1. The Balaban J connectivity index is 2.46. The van der Waals surface area contributed by atoms with Crippen LogP contribution in [0.5, 0.6) is 0 Å². The second-order valence-electron chi connectivity index (χ2n) is 6.08. The molecule has 19 heavy (non-hydrogen) atoms. The SMILES string of the molecule is CC1(C)[C@@]2(CBr)CC[C@]1(C(=O)NCCN)[C@@H](Br)C2=O. The highest BCUT2D eigenvalue weighted by atomic mass is 79.9. The van der Waals surface area contributed by atoms with Gasteiger partial charge in [-0.05, 0) is 18.3 Å². The van der Waals surface area contributed by atoms with Gasteiger partial charge in [-0.2, -0.15) is 0 Å². The Kier molecular flexibility index (Phi) is 3.91. The van der Waals surface area contributed by atoms with Gasteiger partial charge < -0.3 is 11.1 Å². The van der Waals surface area contributed by atoms with Crippen molar-refractivity contribution < 1.29 is 9.59 Å². The van der Waals surface area contributed by atoms with E-state index in [2.05, 4.69) is 37.2 Å². The quantitative estimate of drug-likeness (QED) is 0.710. The van der Waals surface area contributed by atoms with Crippen molar-refractivity contribution in [3.63, 3.8) is 0 Å². The van der Waals surface area contributed by atoms with Crippen LogP contribution in [0.3, 0.4) is 0 Å². The maximum atomic E-state index is 12.6. The summed E-state index contributed by atoms with van der Waals surface area (Å²) in [6, 6.07) is 0. The fourth-order valence-electron chi connectivity index (χ4n) is 3.96. The number of hydrogen-bond donors (Lipinski definition) is 2. The first-order valence-electron chi connectivity index (χ1n) is 6.54. The molecule has 0 aromatic heterocycles. The summed E-state index contributed by atoms with van der Waals surface area (Å²) in [6.07, 6.45) is 1.51. The Bertz CT molecular complexity index is 427. The minimum Gasteiger partial charge on any atom is -0.354 e. The van der Waals surface area contributed by atoms with E-state index in [-0.39, 0.29) is 17.1 Å². The fourth-order valence-corrected chi connectivity index (χ4v) is 6.66. The molecule has 0 saturated heterocycles. The van der Waals surface area contributed by atoms with E-state index >= 15 is 0 Å². The summed E-state index contributed by atoms with van der Waals surface area (Å²) < 4.78 is 0. The number of amides is 1. The second-order valence-corrected chi connectivity index (χ2v) is 7.56. The maximum absolute atomic E-state index is 12.6. The number of nitrogens with two attached hydrogens (primary N) is 1. The largest absolute Gasteiger partial charge is 0.354 e. The zero-order chi connectivity index (χ0) is 14.5. The van der Waals surface area contributed by atoms with Crippen molar-refractivity contribution in [3.05, 3.63) is 0 Å². The molecule has 6 heteroatoms. The van der Waals surface area contributed by atoms with E-state index in [0.29, 0.717) is 18.4 Å². The van der Waals surface area contributed by atoms with Gasteiger partial charge in [-0.3, -0.25) is 9.59 Å². The molecule has 2 rings (SSSR count). The number of fused-ring (bicyclic) bond motifs is 2. The normalized spacial score (nSPS) is 39.6. The van der Waals surface area contributed by atoms with Crippen LogP contribution in [-0.2, 0) is 9.59 Å². The number of alkyl halides is 2. The van der Waals surface area contributed by atoms with Crippen LogP contribution in [0.2, 0.25) is 0 Å². The van der Waals surface area contributed by atoms with Gasteiger partial charge in [0.2, 0.25) is 5.91 Å². The van der Waals surface area contributed by atoms with E-state index in [0.717, 1.165) is 12.8 Å². The third-order valence-electron chi connectivity index (χ3n) is 5.46. The number of carbonyl (C=O) groups is 2. The number of ketones is 1. The summed E-state index contributed by atoms with van der Waals surface area (Å²) in [5.74, 6) is 0.113. The number of carbonyl (C=O) groups excluding carboxylic acids is 2. The van der Waals surface area contributed by atoms with Gasteiger partial charge in [0.05, 0.1) is 10.2 Å². The Hall–Kier alpha value is 0.0600. The molecule has 0 heterocycles. The number of Topliss-reactive ketones (excluding diaryl/α,β-unsaturated/α-hetero) is 1. The lowest BCUT2D eigenvalue weighted by molar-refractivity contribution is -0.135. The molecule has 0 unspecified atom stereocenters. The molecule has 2 saturated carbocycles. The average molecular weight is 396 g/mol. The van der Waals surface area contributed by atoms with Gasteiger partial charge in [0.25, 0.3) is 0 Å². The molecule has 0 aromatic carbocycles. The van der Waals surface area contributed by atoms with Gasteiger partial charge >= 0.3 is 0 Å². The second kappa shape index (κ2) is 4.81. The van der Waals surface area contributed by atoms with E-state index in [9.17, 15) is 9.59 Å². The summed E-state index contributed by atoms with van der Waals surface area (Å²) in [4.78, 5) is 24.9. The minimum atomic E-state index is -0.660. The lowest BCUT2D eigenvalue weighted by atomic mass is 9.64. The molecule has 4 nitrogen and oxygen atoms in total. The van der Waals surface area contributed by atoms with Gasteiger partial charge in [-0.15, -0.1) is 0 Å². The monoisotopic (exact) mass is 394 g/mol. The molecule has 2 fully saturated rings. The molecule has 2 bridgehead atoms. The van der Waals surface area contributed by atoms with Crippen molar-refractivity contribution >= 4 is 43.6 Å². The average Bonchev–Trinajstić information content (AvgIpc) is 2.69. The van der Waals surface area contributed by atoms with Gasteiger partial charge in [0.15, 0.2) is 5.78 Å². The molecule has 108 valence electrons. The molecule has 2 aliphatic rings. The lowest BCUT2D eigenvalue weighted by Gasteiger charge is -2.40. The Morgan fingerprint density at radius 2 is 2.11 bits per heavy atom.